The maximum Gasteiger partial charge on any atom is 0.163 e. The van der Waals surface area contributed by atoms with Crippen molar-refractivity contribution in [3.05, 3.63) is 42.2 Å². The molecule has 0 aliphatic carbocycles. The fourth-order valence-electron chi connectivity index (χ4n) is 3.51. The third-order valence-electron chi connectivity index (χ3n) is 5.18. The summed E-state index contributed by atoms with van der Waals surface area (Å²) < 4.78 is 7.24. The summed E-state index contributed by atoms with van der Waals surface area (Å²) in [6, 6.07) is 12.9. The Morgan fingerprint density at radius 1 is 1.19 bits per heavy atom. The lowest BCUT2D eigenvalue weighted by atomic mass is 10.1. The molecule has 3 heterocycles. The topological polar surface area (TPSA) is 44.5 Å². The van der Waals surface area contributed by atoms with Crippen LogP contribution in [-0.4, -0.2) is 61.1 Å². The van der Waals surface area contributed by atoms with Crippen LogP contribution in [0, 0.1) is 0 Å². The summed E-state index contributed by atoms with van der Waals surface area (Å²) in [5.41, 5.74) is 1.04. The second-order valence-corrected chi connectivity index (χ2v) is 8.58. The van der Waals surface area contributed by atoms with Crippen molar-refractivity contribution in [2.24, 2.45) is 0 Å². The molecule has 27 heavy (non-hydrogen) atoms. The van der Waals surface area contributed by atoms with E-state index >= 15 is 0 Å². The lowest BCUT2D eigenvalue weighted by Crippen LogP contribution is -2.44. The summed E-state index contributed by atoms with van der Waals surface area (Å²) in [6.07, 6.45) is 2.41. The monoisotopic (exact) mass is 384 g/mol. The zero-order valence-electron chi connectivity index (χ0n) is 16.1. The van der Waals surface area contributed by atoms with E-state index in [0.717, 1.165) is 35.1 Å². The number of thiazole rings is 1. The molecule has 1 aromatic carbocycles. The first-order valence-corrected chi connectivity index (χ1v) is 10.5. The third kappa shape index (κ3) is 4.76. The second kappa shape index (κ2) is 8.52. The average molecular weight is 385 g/mol. The number of hydrogen-bond donors (Lipinski definition) is 1. The van der Waals surface area contributed by atoms with Gasteiger partial charge in [0.05, 0.1) is 16.8 Å². The number of benzene rings is 1. The zero-order valence-corrected chi connectivity index (χ0v) is 17.0. The van der Waals surface area contributed by atoms with Crippen molar-refractivity contribution in [3.8, 4) is 10.8 Å². The van der Waals surface area contributed by atoms with Crippen molar-refractivity contribution in [2.75, 3.05) is 40.3 Å². The van der Waals surface area contributed by atoms with Crippen LogP contribution in [0.5, 0.6) is 0 Å². The van der Waals surface area contributed by atoms with Crippen LogP contribution >= 0.6 is 11.3 Å². The van der Waals surface area contributed by atoms with Crippen molar-refractivity contribution < 1.29 is 4.42 Å². The highest BCUT2D eigenvalue weighted by atomic mass is 32.1. The number of nitrogens with zero attached hydrogens (tertiary/aromatic N) is 3. The van der Waals surface area contributed by atoms with E-state index in [4.69, 9.17) is 4.42 Å². The van der Waals surface area contributed by atoms with E-state index in [0.29, 0.717) is 6.04 Å². The van der Waals surface area contributed by atoms with E-state index in [9.17, 15) is 0 Å². The van der Waals surface area contributed by atoms with Gasteiger partial charge in [0.2, 0.25) is 0 Å². The van der Waals surface area contributed by atoms with Gasteiger partial charge in [-0.1, -0.05) is 12.1 Å². The number of likely N-dealkylation sites (N-methyl/N-ethyl adjacent to an activating group) is 1. The highest BCUT2D eigenvalue weighted by Gasteiger charge is 2.19. The number of aromatic nitrogens is 1. The maximum atomic E-state index is 6.05. The van der Waals surface area contributed by atoms with Crippen molar-refractivity contribution in [1.82, 2.24) is 20.1 Å². The lowest BCUT2D eigenvalue weighted by Gasteiger charge is -2.32. The number of likely N-dealkylation sites (tertiary alicyclic amines) is 1. The predicted octanol–water partition coefficient (Wildman–Crippen LogP) is 3.67. The number of fused-ring (bicyclic) bond motifs is 1. The number of nitrogens with one attached hydrogen (secondary N) is 1. The van der Waals surface area contributed by atoms with E-state index in [-0.39, 0.29) is 0 Å². The number of furan rings is 1. The molecule has 5 nitrogen and oxygen atoms in total. The van der Waals surface area contributed by atoms with E-state index in [1.165, 1.54) is 37.2 Å². The standard InChI is InChI=1S/C21H28N4OS/c1-24(2)13-14-25-11-9-16(10-12-25)22-15-17-7-8-19(26-17)21-23-18-5-3-4-6-20(18)27-21/h3-8,16,22H,9-15H2,1-2H3. The van der Waals surface area contributed by atoms with Gasteiger partial charge in [-0.2, -0.15) is 0 Å². The van der Waals surface area contributed by atoms with Gasteiger partial charge in [-0.3, -0.25) is 0 Å². The molecule has 144 valence electrons. The predicted molar refractivity (Wildman–Crippen MR) is 112 cm³/mol. The molecule has 0 amide bonds. The molecular weight excluding hydrogens is 356 g/mol. The molecule has 1 N–H and O–H groups in total. The first kappa shape index (κ1) is 18.6. The van der Waals surface area contributed by atoms with Crippen LogP contribution in [0.25, 0.3) is 21.0 Å². The normalized spacial score (nSPS) is 16.6. The Balaban J connectivity index is 1.28. The molecule has 1 saturated heterocycles. The Morgan fingerprint density at radius 3 is 2.78 bits per heavy atom. The van der Waals surface area contributed by atoms with E-state index in [1.54, 1.807) is 11.3 Å². The molecule has 1 fully saturated rings. The molecule has 0 spiro atoms. The molecule has 2 aromatic heterocycles. The minimum Gasteiger partial charge on any atom is -0.457 e. The van der Waals surface area contributed by atoms with Gasteiger partial charge < -0.3 is 19.5 Å². The number of rotatable bonds is 7. The Morgan fingerprint density at radius 2 is 2.00 bits per heavy atom. The minimum atomic E-state index is 0.580. The van der Waals surface area contributed by atoms with Crippen LogP contribution < -0.4 is 5.32 Å². The van der Waals surface area contributed by atoms with Gasteiger partial charge in [-0.25, -0.2) is 4.98 Å². The Hall–Kier alpha value is -1.73. The third-order valence-corrected chi connectivity index (χ3v) is 6.23. The van der Waals surface area contributed by atoms with Crippen molar-refractivity contribution >= 4 is 21.6 Å². The van der Waals surface area contributed by atoms with Gasteiger partial charge in [0.25, 0.3) is 0 Å². The minimum absolute atomic E-state index is 0.580. The summed E-state index contributed by atoms with van der Waals surface area (Å²) in [4.78, 5) is 9.50. The van der Waals surface area contributed by atoms with Gasteiger partial charge in [0, 0.05) is 19.1 Å². The Kier molecular flexibility index (Phi) is 5.88. The smallest absolute Gasteiger partial charge is 0.163 e. The molecule has 4 rings (SSSR count). The van der Waals surface area contributed by atoms with Crippen LogP contribution in [-0.2, 0) is 6.54 Å². The Labute approximate surface area is 165 Å². The molecule has 3 aromatic rings. The summed E-state index contributed by atoms with van der Waals surface area (Å²) >= 11 is 1.68. The molecule has 6 heteroatoms. The second-order valence-electron chi connectivity index (χ2n) is 7.55. The van der Waals surface area contributed by atoms with Crippen LogP contribution in [0.2, 0.25) is 0 Å². The summed E-state index contributed by atoms with van der Waals surface area (Å²) in [5.74, 6) is 1.85. The van der Waals surface area contributed by atoms with Crippen LogP contribution in [0.4, 0.5) is 0 Å². The quantitative estimate of drug-likeness (QED) is 0.673. The molecule has 0 unspecified atom stereocenters. The van der Waals surface area contributed by atoms with E-state index in [2.05, 4.69) is 46.3 Å². The molecule has 0 saturated carbocycles. The van der Waals surface area contributed by atoms with E-state index in [1.807, 2.05) is 24.3 Å². The van der Waals surface area contributed by atoms with Gasteiger partial charge in [-0.15, -0.1) is 11.3 Å². The van der Waals surface area contributed by atoms with Crippen LogP contribution in [0.15, 0.2) is 40.8 Å². The Bertz CT molecular complexity index is 831. The summed E-state index contributed by atoms with van der Waals surface area (Å²) in [5, 5.41) is 4.62. The molecule has 1 aliphatic rings. The highest BCUT2D eigenvalue weighted by molar-refractivity contribution is 7.21. The van der Waals surface area contributed by atoms with Crippen LogP contribution in [0.1, 0.15) is 18.6 Å². The average Bonchev–Trinajstić information content (AvgIpc) is 3.32. The molecular formula is C21H28N4OS. The molecule has 1 aliphatic heterocycles. The fourth-order valence-corrected chi connectivity index (χ4v) is 4.44. The number of piperidine rings is 1. The number of hydrogen-bond acceptors (Lipinski definition) is 6. The summed E-state index contributed by atoms with van der Waals surface area (Å²) in [7, 11) is 4.28. The SMILES string of the molecule is CN(C)CCN1CCC(NCc2ccc(-c3nc4ccccc4s3)o2)CC1. The van der Waals surface area contributed by atoms with Gasteiger partial charge in [0.1, 0.15) is 5.76 Å². The van der Waals surface area contributed by atoms with Crippen molar-refractivity contribution in [1.29, 1.82) is 0 Å². The van der Waals surface area contributed by atoms with Gasteiger partial charge >= 0.3 is 0 Å². The molecule has 0 atom stereocenters. The molecule has 0 bridgehead atoms. The first-order chi connectivity index (χ1) is 13.2. The highest BCUT2D eigenvalue weighted by Crippen LogP contribution is 2.31. The van der Waals surface area contributed by atoms with Crippen molar-refractivity contribution in [3.63, 3.8) is 0 Å². The van der Waals surface area contributed by atoms with Crippen molar-refractivity contribution in [2.45, 2.75) is 25.4 Å². The maximum absolute atomic E-state index is 6.05. The largest absolute Gasteiger partial charge is 0.457 e. The van der Waals surface area contributed by atoms with Gasteiger partial charge in [0.15, 0.2) is 10.8 Å². The molecule has 0 radical (unpaired) electrons. The number of para-hydroxylation sites is 1. The zero-order chi connectivity index (χ0) is 18.6. The van der Waals surface area contributed by atoms with Gasteiger partial charge in [-0.05, 0) is 64.3 Å². The lowest BCUT2D eigenvalue weighted by molar-refractivity contribution is 0.181. The van der Waals surface area contributed by atoms with Crippen LogP contribution in [0.3, 0.4) is 0 Å². The fraction of sp³-hybridized carbons (Fsp3) is 0.476. The first-order valence-electron chi connectivity index (χ1n) is 9.72. The summed E-state index contributed by atoms with van der Waals surface area (Å²) in [6.45, 7) is 5.46. The van der Waals surface area contributed by atoms with E-state index < -0.39 is 0 Å².